The predicted molar refractivity (Wildman–Crippen MR) is 106 cm³/mol. The van der Waals surface area contributed by atoms with Crippen LogP contribution < -0.4 is 0 Å². The molecule has 2 aliphatic rings. The minimum absolute atomic E-state index is 0.165. The molecule has 2 aromatic carbocycles. The van der Waals surface area contributed by atoms with Crippen LogP contribution >= 0.6 is 0 Å². The van der Waals surface area contributed by atoms with Crippen molar-refractivity contribution in [3.8, 4) is 0 Å². The minimum atomic E-state index is -1.06. The fourth-order valence-corrected chi connectivity index (χ4v) is 3.86. The van der Waals surface area contributed by atoms with Gasteiger partial charge in [0.05, 0.1) is 26.4 Å². The van der Waals surface area contributed by atoms with Crippen LogP contribution in [0.4, 0.5) is 0 Å². The molecule has 0 saturated carbocycles. The standard InChI is InChI=1S/C23H28O6/c1-22(2)27-19-20(26-14-18-11-7-4-8-12-18)23(15-24,29-21(19)28-22)16-25-13-17-9-5-3-6-10-17/h3-12,19-21,24H,13-16H2,1-2H3/t19-,20-,21+,23-/m0/s1. The van der Waals surface area contributed by atoms with Crippen LogP contribution in [-0.4, -0.2) is 48.2 Å². The average molecular weight is 400 g/mol. The summed E-state index contributed by atoms with van der Waals surface area (Å²) in [6.07, 6.45) is -1.59. The van der Waals surface area contributed by atoms with Crippen LogP contribution in [0.25, 0.3) is 0 Å². The summed E-state index contributed by atoms with van der Waals surface area (Å²) in [5.41, 5.74) is 1.02. The third-order valence-electron chi connectivity index (χ3n) is 5.25. The Morgan fingerprint density at radius 2 is 1.48 bits per heavy atom. The Balaban J connectivity index is 1.48. The van der Waals surface area contributed by atoms with Crippen LogP contribution in [0.3, 0.4) is 0 Å². The van der Waals surface area contributed by atoms with E-state index in [-0.39, 0.29) is 13.2 Å². The molecule has 1 N–H and O–H groups in total. The Labute approximate surface area is 171 Å². The van der Waals surface area contributed by atoms with Crippen molar-refractivity contribution >= 4 is 0 Å². The van der Waals surface area contributed by atoms with E-state index in [2.05, 4.69) is 0 Å². The highest BCUT2D eigenvalue weighted by molar-refractivity contribution is 5.15. The van der Waals surface area contributed by atoms with Crippen molar-refractivity contribution in [3.05, 3.63) is 71.8 Å². The molecule has 2 aliphatic heterocycles. The van der Waals surface area contributed by atoms with Gasteiger partial charge in [-0.3, -0.25) is 0 Å². The van der Waals surface area contributed by atoms with E-state index >= 15 is 0 Å². The van der Waals surface area contributed by atoms with E-state index < -0.39 is 29.9 Å². The normalized spacial score (nSPS) is 30.4. The quantitative estimate of drug-likeness (QED) is 0.735. The number of aliphatic hydroxyl groups is 1. The van der Waals surface area contributed by atoms with Gasteiger partial charge in [0.15, 0.2) is 12.1 Å². The van der Waals surface area contributed by atoms with E-state index in [9.17, 15) is 5.11 Å². The number of fused-ring (bicyclic) bond motifs is 1. The highest BCUT2D eigenvalue weighted by atomic mass is 16.8. The van der Waals surface area contributed by atoms with Crippen molar-refractivity contribution in [2.45, 2.75) is 56.9 Å². The second-order valence-electron chi connectivity index (χ2n) is 8.00. The molecule has 2 saturated heterocycles. The van der Waals surface area contributed by atoms with Crippen molar-refractivity contribution in [3.63, 3.8) is 0 Å². The molecule has 4 rings (SSSR count). The van der Waals surface area contributed by atoms with E-state index in [4.69, 9.17) is 23.7 Å². The van der Waals surface area contributed by atoms with Crippen molar-refractivity contribution < 1.29 is 28.8 Å². The summed E-state index contributed by atoms with van der Waals surface area (Å²) in [5.74, 6) is -0.768. The molecule has 6 heteroatoms. The molecule has 2 fully saturated rings. The largest absolute Gasteiger partial charge is 0.393 e. The number of aliphatic hydroxyl groups excluding tert-OH is 1. The van der Waals surface area contributed by atoms with Gasteiger partial charge in [-0.2, -0.15) is 0 Å². The lowest BCUT2D eigenvalue weighted by Gasteiger charge is -2.35. The SMILES string of the molecule is CC1(C)O[C@@H]2O[C@@](CO)(COCc3ccccc3)[C@@H](OCc3ccccc3)[C@@H]2O1. The summed E-state index contributed by atoms with van der Waals surface area (Å²) < 4.78 is 30.2. The molecule has 29 heavy (non-hydrogen) atoms. The van der Waals surface area contributed by atoms with Crippen molar-refractivity contribution in [2.75, 3.05) is 13.2 Å². The Bertz CT molecular complexity index is 780. The van der Waals surface area contributed by atoms with Crippen LogP contribution in [0.1, 0.15) is 25.0 Å². The molecule has 4 atom stereocenters. The molecule has 0 aromatic heterocycles. The first kappa shape index (κ1) is 20.5. The topological polar surface area (TPSA) is 66.4 Å². The highest BCUT2D eigenvalue weighted by Gasteiger charge is 2.62. The lowest BCUT2D eigenvalue weighted by atomic mass is 9.96. The molecule has 0 spiro atoms. The van der Waals surface area contributed by atoms with Gasteiger partial charge in [0.2, 0.25) is 0 Å². The van der Waals surface area contributed by atoms with Gasteiger partial charge in [-0.05, 0) is 25.0 Å². The Kier molecular flexibility index (Phi) is 6.01. The summed E-state index contributed by atoms with van der Waals surface area (Å²) in [5, 5.41) is 10.3. The number of hydrogen-bond donors (Lipinski definition) is 1. The first-order chi connectivity index (χ1) is 14.0. The third kappa shape index (κ3) is 4.53. The maximum Gasteiger partial charge on any atom is 0.190 e. The van der Waals surface area contributed by atoms with E-state index in [0.29, 0.717) is 13.2 Å². The maximum atomic E-state index is 10.3. The summed E-state index contributed by atoms with van der Waals surface area (Å²) in [6.45, 7) is 4.38. The number of rotatable bonds is 8. The van der Waals surface area contributed by atoms with Crippen LogP contribution in [0, 0.1) is 0 Å². The highest BCUT2D eigenvalue weighted by Crippen LogP contribution is 2.44. The first-order valence-corrected chi connectivity index (χ1v) is 9.93. The number of ether oxygens (including phenoxy) is 5. The number of benzene rings is 2. The van der Waals surface area contributed by atoms with Gasteiger partial charge in [0.25, 0.3) is 0 Å². The average Bonchev–Trinajstić information content (AvgIpc) is 3.17. The summed E-state index contributed by atoms with van der Waals surface area (Å²) >= 11 is 0. The van der Waals surface area contributed by atoms with Gasteiger partial charge in [0.1, 0.15) is 17.8 Å². The molecule has 0 amide bonds. The van der Waals surface area contributed by atoms with Gasteiger partial charge in [-0.1, -0.05) is 60.7 Å². The van der Waals surface area contributed by atoms with E-state index in [1.807, 2.05) is 74.5 Å². The van der Waals surface area contributed by atoms with Crippen LogP contribution in [0.5, 0.6) is 0 Å². The molecule has 0 aliphatic carbocycles. The van der Waals surface area contributed by atoms with Crippen LogP contribution in [-0.2, 0) is 36.9 Å². The van der Waals surface area contributed by atoms with Crippen molar-refractivity contribution in [2.24, 2.45) is 0 Å². The van der Waals surface area contributed by atoms with Crippen molar-refractivity contribution in [1.82, 2.24) is 0 Å². The monoisotopic (exact) mass is 400 g/mol. The van der Waals surface area contributed by atoms with Crippen LogP contribution in [0.15, 0.2) is 60.7 Å². The molecule has 0 radical (unpaired) electrons. The fourth-order valence-electron chi connectivity index (χ4n) is 3.86. The zero-order chi connectivity index (χ0) is 20.3. The van der Waals surface area contributed by atoms with Gasteiger partial charge < -0.3 is 28.8 Å². The minimum Gasteiger partial charge on any atom is -0.393 e. The molecule has 0 unspecified atom stereocenters. The molecular formula is C23H28O6. The maximum absolute atomic E-state index is 10.3. The van der Waals surface area contributed by atoms with Gasteiger partial charge >= 0.3 is 0 Å². The van der Waals surface area contributed by atoms with Crippen LogP contribution in [0.2, 0.25) is 0 Å². The van der Waals surface area contributed by atoms with E-state index in [0.717, 1.165) is 11.1 Å². The third-order valence-corrected chi connectivity index (χ3v) is 5.25. The van der Waals surface area contributed by atoms with E-state index in [1.54, 1.807) is 0 Å². The molecular weight excluding hydrogens is 372 g/mol. The lowest BCUT2D eigenvalue weighted by molar-refractivity contribution is -0.261. The molecule has 2 aromatic rings. The van der Waals surface area contributed by atoms with Gasteiger partial charge in [-0.15, -0.1) is 0 Å². The Morgan fingerprint density at radius 3 is 2.10 bits per heavy atom. The molecule has 156 valence electrons. The summed E-state index contributed by atoms with van der Waals surface area (Å²) in [6, 6.07) is 19.8. The molecule has 2 heterocycles. The smallest absolute Gasteiger partial charge is 0.190 e. The second kappa shape index (κ2) is 8.52. The Morgan fingerprint density at radius 1 is 0.862 bits per heavy atom. The summed E-state index contributed by atoms with van der Waals surface area (Å²) in [7, 11) is 0. The fraction of sp³-hybridized carbons (Fsp3) is 0.478. The van der Waals surface area contributed by atoms with Gasteiger partial charge in [0, 0.05) is 0 Å². The van der Waals surface area contributed by atoms with Gasteiger partial charge in [-0.25, -0.2) is 0 Å². The predicted octanol–water partition coefficient (Wildman–Crippen LogP) is 3.03. The zero-order valence-corrected chi connectivity index (χ0v) is 16.8. The number of hydrogen-bond acceptors (Lipinski definition) is 6. The first-order valence-electron chi connectivity index (χ1n) is 9.93. The molecule has 0 bridgehead atoms. The summed E-state index contributed by atoms with van der Waals surface area (Å²) in [4.78, 5) is 0. The second-order valence-corrected chi connectivity index (χ2v) is 8.00. The Hall–Kier alpha value is -1.80. The zero-order valence-electron chi connectivity index (χ0n) is 16.8. The molecule has 6 nitrogen and oxygen atoms in total. The van der Waals surface area contributed by atoms with Crippen molar-refractivity contribution in [1.29, 1.82) is 0 Å². The van der Waals surface area contributed by atoms with E-state index in [1.165, 1.54) is 0 Å². The lowest BCUT2D eigenvalue weighted by Crippen LogP contribution is -2.52.